The highest BCUT2D eigenvalue weighted by molar-refractivity contribution is 6.05. The summed E-state index contributed by atoms with van der Waals surface area (Å²) in [5, 5.41) is 2.42. The van der Waals surface area contributed by atoms with Gasteiger partial charge in [-0.1, -0.05) is 196 Å². The van der Waals surface area contributed by atoms with Gasteiger partial charge >= 0.3 is 0 Å². The molecule has 0 N–H and O–H groups in total. The van der Waals surface area contributed by atoms with E-state index < -0.39 is 0 Å². The van der Waals surface area contributed by atoms with E-state index in [0.717, 1.165) is 17.1 Å². The summed E-state index contributed by atoms with van der Waals surface area (Å²) < 4.78 is 0. The second-order valence-corrected chi connectivity index (χ2v) is 16.6. The maximum absolute atomic E-state index is 2.52. The lowest BCUT2D eigenvalue weighted by atomic mass is 9.74. The Kier molecular flexibility index (Phi) is 7.72. The van der Waals surface area contributed by atoms with Gasteiger partial charge in [-0.15, -0.1) is 0 Å². The van der Waals surface area contributed by atoms with Crippen LogP contribution in [0.5, 0.6) is 0 Å². The highest BCUT2D eigenvalue weighted by Gasteiger charge is 2.41. The zero-order chi connectivity index (χ0) is 39.0. The monoisotopic (exact) mass is 741 g/mol. The molecule has 0 amide bonds. The van der Waals surface area contributed by atoms with Crippen LogP contribution in [0.2, 0.25) is 0 Å². The Bertz CT molecular complexity index is 3060. The summed E-state index contributed by atoms with van der Waals surface area (Å²) in [5.74, 6) is 0. The lowest BCUT2D eigenvalue weighted by Gasteiger charge is -2.31. The van der Waals surface area contributed by atoms with Gasteiger partial charge in [0, 0.05) is 27.3 Å². The molecule has 1 atom stereocenters. The summed E-state index contributed by atoms with van der Waals surface area (Å²) >= 11 is 0. The minimum Gasteiger partial charge on any atom is -0.309 e. The third-order valence-electron chi connectivity index (χ3n) is 13.2. The van der Waals surface area contributed by atoms with Crippen LogP contribution in [0.3, 0.4) is 0 Å². The van der Waals surface area contributed by atoms with E-state index in [1.165, 1.54) is 83.1 Å². The topological polar surface area (TPSA) is 3.24 Å². The molecule has 0 radical (unpaired) electrons. The van der Waals surface area contributed by atoms with Gasteiger partial charge in [-0.05, 0) is 97.8 Å². The maximum Gasteiger partial charge on any atom is 0.0540 e. The van der Waals surface area contributed by atoms with E-state index in [4.69, 9.17) is 0 Å². The quantitative estimate of drug-likeness (QED) is 0.164. The molecular formula is C57H43N. The molecule has 276 valence electrons. The van der Waals surface area contributed by atoms with Gasteiger partial charge < -0.3 is 4.90 Å². The van der Waals surface area contributed by atoms with Crippen LogP contribution < -0.4 is 4.90 Å². The molecule has 1 unspecified atom stereocenters. The zero-order valence-corrected chi connectivity index (χ0v) is 33.1. The van der Waals surface area contributed by atoms with E-state index in [-0.39, 0.29) is 10.8 Å². The first-order valence-electron chi connectivity index (χ1n) is 20.4. The molecule has 58 heavy (non-hydrogen) atoms. The SMILES string of the molecule is CC1(C)c2ccccc2-c2c(-c3ccccc3N(c3ccccc3-c3ccc4c(c3)-c3ccccc3C4(C)c3ccccc3)c3cccc4ccccc34)cccc21. The van der Waals surface area contributed by atoms with Crippen LogP contribution in [0.15, 0.2) is 206 Å². The van der Waals surface area contributed by atoms with E-state index in [9.17, 15) is 0 Å². The molecule has 1 nitrogen and oxygen atoms in total. The smallest absolute Gasteiger partial charge is 0.0540 e. The number of hydrogen-bond acceptors (Lipinski definition) is 1. The predicted molar refractivity (Wildman–Crippen MR) is 245 cm³/mol. The molecule has 0 spiro atoms. The summed E-state index contributed by atoms with van der Waals surface area (Å²) in [4.78, 5) is 2.52. The molecule has 0 bridgehead atoms. The molecule has 9 aromatic carbocycles. The fourth-order valence-corrected chi connectivity index (χ4v) is 10.3. The molecule has 11 rings (SSSR count). The number of fused-ring (bicyclic) bond motifs is 7. The number of nitrogens with zero attached hydrogens (tertiary/aromatic N) is 1. The van der Waals surface area contributed by atoms with Crippen molar-refractivity contribution < 1.29 is 0 Å². The van der Waals surface area contributed by atoms with Gasteiger partial charge in [-0.2, -0.15) is 0 Å². The van der Waals surface area contributed by atoms with Crippen molar-refractivity contribution in [2.24, 2.45) is 0 Å². The van der Waals surface area contributed by atoms with Gasteiger partial charge in [-0.3, -0.25) is 0 Å². The van der Waals surface area contributed by atoms with Crippen molar-refractivity contribution in [2.45, 2.75) is 31.6 Å². The van der Waals surface area contributed by atoms with Gasteiger partial charge in [0.2, 0.25) is 0 Å². The first-order chi connectivity index (χ1) is 28.4. The maximum atomic E-state index is 2.52. The van der Waals surface area contributed by atoms with E-state index in [1.54, 1.807) is 0 Å². The van der Waals surface area contributed by atoms with Crippen LogP contribution in [-0.2, 0) is 10.8 Å². The Morgan fingerprint density at radius 2 is 0.879 bits per heavy atom. The largest absolute Gasteiger partial charge is 0.309 e. The van der Waals surface area contributed by atoms with Gasteiger partial charge in [-0.25, -0.2) is 0 Å². The number of benzene rings is 9. The summed E-state index contributed by atoms with van der Waals surface area (Å²) in [6.45, 7) is 7.12. The summed E-state index contributed by atoms with van der Waals surface area (Å²) in [7, 11) is 0. The molecule has 2 aliphatic rings. The van der Waals surface area contributed by atoms with Crippen LogP contribution in [0, 0.1) is 0 Å². The third-order valence-corrected chi connectivity index (χ3v) is 13.2. The van der Waals surface area contributed by atoms with Crippen LogP contribution in [0.4, 0.5) is 17.1 Å². The second-order valence-electron chi connectivity index (χ2n) is 16.6. The van der Waals surface area contributed by atoms with Crippen molar-refractivity contribution in [3.05, 3.63) is 234 Å². The molecule has 2 aliphatic carbocycles. The van der Waals surface area contributed by atoms with Crippen LogP contribution in [0.25, 0.3) is 55.3 Å². The van der Waals surface area contributed by atoms with Crippen molar-refractivity contribution in [2.75, 3.05) is 4.90 Å². The first kappa shape index (κ1) is 34.3. The molecule has 0 saturated carbocycles. The predicted octanol–water partition coefficient (Wildman–Crippen LogP) is 15.3. The Labute approximate surface area is 341 Å². The first-order valence-corrected chi connectivity index (χ1v) is 20.4. The fourth-order valence-electron chi connectivity index (χ4n) is 10.3. The molecule has 0 aromatic heterocycles. The van der Waals surface area contributed by atoms with Crippen molar-refractivity contribution in [3.8, 4) is 44.5 Å². The van der Waals surface area contributed by atoms with Crippen molar-refractivity contribution in [3.63, 3.8) is 0 Å². The van der Waals surface area contributed by atoms with E-state index in [1.807, 2.05) is 0 Å². The van der Waals surface area contributed by atoms with Crippen molar-refractivity contribution in [1.82, 2.24) is 0 Å². The van der Waals surface area contributed by atoms with E-state index >= 15 is 0 Å². The molecule has 9 aromatic rings. The van der Waals surface area contributed by atoms with Crippen molar-refractivity contribution >= 4 is 27.8 Å². The van der Waals surface area contributed by atoms with E-state index in [0.29, 0.717) is 0 Å². The third kappa shape index (κ3) is 4.96. The van der Waals surface area contributed by atoms with Crippen LogP contribution in [0.1, 0.15) is 48.6 Å². The van der Waals surface area contributed by atoms with E-state index in [2.05, 4.69) is 232 Å². The number of para-hydroxylation sites is 2. The van der Waals surface area contributed by atoms with Gasteiger partial charge in [0.15, 0.2) is 0 Å². The normalized spacial score (nSPS) is 15.7. The van der Waals surface area contributed by atoms with Gasteiger partial charge in [0.1, 0.15) is 0 Å². The summed E-state index contributed by atoms with van der Waals surface area (Å²) in [5.41, 5.74) is 20.0. The Hall–Kier alpha value is -6.96. The zero-order valence-electron chi connectivity index (χ0n) is 33.1. The molecule has 0 aliphatic heterocycles. The average molecular weight is 742 g/mol. The molecule has 0 fully saturated rings. The Balaban J connectivity index is 1.16. The minimum absolute atomic E-state index is 0.0957. The van der Waals surface area contributed by atoms with Crippen molar-refractivity contribution in [1.29, 1.82) is 0 Å². The summed E-state index contributed by atoms with van der Waals surface area (Å²) in [6, 6.07) is 76.5. The molecule has 1 heteroatoms. The lowest BCUT2D eigenvalue weighted by Crippen LogP contribution is -2.22. The second kappa shape index (κ2) is 13.0. The number of anilines is 3. The molecule has 0 heterocycles. The fraction of sp³-hybridized carbons (Fsp3) is 0.0877. The standard InChI is InChI=1S/C57H43N/c1-56(2)48-29-13-10-27-46(48)55-45(28-18-31-51(55)56)44-26-12-16-33-54(44)58(53-34-17-20-38-19-7-8-23-41(38)53)52-32-15-11-24-42(52)39-35-36-50-47(37-39)43-25-9-14-30-49(43)57(50,3)40-21-5-4-6-22-40/h4-37H,1-3H3. The minimum atomic E-state index is -0.248. The Morgan fingerprint density at radius 3 is 1.69 bits per heavy atom. The Morgan fingerprint density at radius 1 is 0.345 bits per heavy atom. The average Bonchev–Trinajstić information content (AvgIpc) is 3.68. The molecular weight excluding hydrogens is 699 g/mol. The van der Waals surface area contributed by atoms with Gasteiger partial charge in [0.05, 0.1) is 17.1 Å². The molecule has 0 saturated heterocycles. The summed E-state index contributed by atoms with van der Waals surface area (Å²) in [6.07, 6.45) is 0. The highest BCUT2D eigenvalue weighted by atomic mass is 15.1. The van der Waals surface area contributed by atoms with Crippen LogP contribution >= 0.6 is 0 Å². The van der Waals surface area contributed by atoms with Crippen LogP contribution in [-0.4, -0.2) is 0 Å². The lowest BCUT2D eigenvalue weighted by molar-refractivity contribution is 0.660. The highest BCUT2D eigenvalue weighted by Crippen LogP contribution is 2.56. The number of rotatable bonds is 6. The number of hydrogen-bond donors (Lipinski definition) is 0. The van der Waals surface area contributed by atoms with Gasteiger partial charge in [0.25, 0.3) is 0 Å².